The van der Waals surface area contributed by atoms with Crippen LogP contribution >= 0.6 is 0 Å². The molecule has 3 aromatic rings. The molecule has 0 spiro atoms. The van der Waals surface area contributed by atoms with Crippen LogP contribution in [-0.4, -0.2) is 17.6 Å². The van der Waals surface area contributed by atoms with Crippen molar-refractivity contribution in [1.29, 1.82) is 0 Å². The highest BCUT2D eigenvalue weighted by atomic mass is 16.5. The van der Waals surface area contributed by atoms with Crippen LogP contribution in [-0.2, 0) is 6.61 Å². The van der Waals surface area contributed by atoms with E-state index in [0.717, 1.165) is 11.1 Å². The van der Waals surface area contributed by atoms with Gasteiger partial charge in [0.05, 0.1) is 25.7 Å². The van der Waals surface area contributed by atoms with Crippen LogP contribution in [0.5, 0.6) is 5.75 Å². The minimum absolute atomic E-state index is 0.158. The number of hydrogen-bond acceptors (Lipinski definition) is 4. The summed E-state index contributed by atoms with van der Waals surface area (Å²) < 4.78 is 10.5. The van der Waals surface area contributed by atoms with E-state index in [4.69, 9.17) is 9.15 Å². The summed E-state index contributed by atoms with van der Waals surface area (Å²) >= 11 is 0. The molecule has 0 fully saturated rings. The molecule has 1 aromatic heterocycles. The molecule has 0 bridgehead atoms. The van der Waals surface area contributed by atoms with Gasteiger partial charge < -0.3 is 19.6 Å². The molecule has 5 nitrogen and oxygen atoms in total. The highest BCUT2D eigenvalue weighted by Gasteiger charge is 2.10. The summed E-state index contributed by atoms with van der Waals surface area (Å²) in [5, 5.41) is 12.3. The smallest absolute Gasteiger partial charge is 0.255 e. The van der Waals surface area contributed by atoms with Gasteiger partial charge in [-0.3, -0.25) is 4.79 Å². The maximum atomic E-state index is 12.5. The summed E-state index contributed by atoms with van der Waals surface area (Å²) in [6.07, 6.45) is 3.23. The van der Waals surface area contributed by atoms with Gasteiger partial charge in [-0.2, -0.15) is 0 Å². The molecule has 0 aliphatic carbocycles. The summed E-state index contributed by atoms with van der Waals surface area (Å²) in [7, 11) is 0. The summed E-state index contributed by atoms with van der Waals surface area (Å²) in [5.41, 5.74) is 3.60. The molecule has 5 heteroatoms. The molecule has 3 rings (SSSR count). The van der Waals surface area contributed by atoms with Gasteiger partial charge in [0.15, 0.2) is 0 Å². The van der Waals surface area contributed by atoms with Crippen molar-refractivity contribution in [3.63, 3.8) is 0 Å². The second kappa shape index (κ2) is 7.68. The Morgan fingerprint density at radius 3 is 2.76 bits per heavy atom. The molecule has 0 saturated carbocycles. The minimum atomic E-state index is -0.224. The average molecular weight is 337 g/mol. The second-order valence-electron chi connectivity index (χ2n) is 5.46. The Balaban J connectivity index is 1.79. The first kappa shape index (κ1) is 16.8. The lowest BCUT2D eigenvalue weighted by Crippen LogP contribution is -2.12. The standard InChI is InChI=1S/C20H19NO4/c1-2-25-19-7-6-18(11-17(19)12-22)21-20(23)15-5-3-4-14(10-15)16-8-9-24-13-16/h3-11,13,22H,2,12H2,1H3,(H,21,23). The number of aliphatic hydroxyl groups is 1. The fourth-order valence-electron chi connectivity index (χ4n) is 2.55. The number of amides is 1. The van der Waals surface area contributed by atoms with E-state index in [1.165, 1.54) is 0 Å². The third-order valence-corrected chi connectivity index (χ3v) is 3.77. The first-order valence-electron chi connectivity index (χ1n) is 8.02. The van der Waals surface area contributed by atoms with Crippen LogP contribution in [0.15, 0.2) is 65.5 Å². The van der Waals surface area contributed by atoms with Gasteiger partial charge in [0.1, 0.15) is 5.75 Å². The Bertz CT molecular complexity index is 856. The molecule has 2 aromatic carbocycles. The van der Waals surface area contributed by atoms with Crippen LogP contribution in [0.2, 0.25) is 0 Å². The summed E-state index contributed by atoms with van der Waals surface area (Å²) in [6, 6.07) is 14.4. The van der Waals surface area contributed by atoms with E-state index in [1.807, 2.05) is 31.2 Å². The zero-order valence-corrected chi connectivity index (χ0v) is 13.9. The first-order chi connectivity index (χ1) is 12.2. The zero-order chi connectivity index (χ0) is 17.6. The summed E-state index contributed by atoms with van der Waals surface area (Å²) in [5.74, 6) is 0.392. The van der Waals surface area contributed by atoms with Gasteiger partial charge in [-0.15, -0.1) is 0 Å². The van der Waals surface area contributed by atoms with Gasteiger partial charge in [-0.25, -0.2) is 0 Å². The summed E-state index contributed by atoms with van der Waals surface area (Å²) in [4.78, 5) is 12.5. The Kier molecular flexibility index (Phi) is 5.16. The van der Waals surface area contributed by atoms with E-state index in [-0.39, 0.29) is 12.5 Å². The van der Waals surface area contributed by atoms with Crippen LogP contribution in [0.1, 0.15) is 22.8 Å². The third kappa shape index (κ3) is 3.89. The molecular formula is C20H19NO4. The number of benzene rings is 2. The number of anilines is 1. The maximum absolute atomic E-state index is 12.5. The van der Waals surface area contributed by atoms with Crippen LogP contribution in [0, 0.1) is 0 Å². The highest BCUT2D eigenvalue weighted by Crippen LogP contribution is 2.24. The van der Waals surface area contributed by atoms with E-state index < -0.39 is 0 Å². The second-order valence-corrected chi connectivity index (χ2v) is 5.46. The number of carbonyl (C=O) groups excluding carboxylic acids is 1. The lowest BCUT2D eigenvalue weighted by atomic mass is 10.1. The fourth-order valence-corrected chi connectivity index (χ4v) is 2.55. The topological polar surface area (TPSA) is 71.7 Å². The van der Waals surface area contributed by atoms with Crippen LogP contribution in [0.3, 0.4) is 0 Å². The Hall–Kier alpha value is -3.05. The van der Waals surface area contributed by atoms with E-state index in [9.17, 15) is 9.90 Å². The molecule has 0 atom stereocenters. The largest absolute Gasteiger partial charge is 0.494 e. The molecule has 0 aliphatic rings. The van der Waals surface area contributed by atoms with Gasteiger partial charge in [-0.1, -0.05) is 12.1 Å². The number of hydrogen-bond donors (Lipinski definition) is 2. The van der Waals surface area contributed by atoms with Crippen molar-refractivity contribution in [3.05, 3.63) is 72.2 Å². The SMILES string of the molecule is CCOc1ccc(NC(=O)c2cccc(-c3ccoc3)c2)cc1CO. The number of aliphatic hydroxyl groups excluding tert-OH is 1. The molecular weight excluding hydrogens is 318 g/mol. The van der Waals surface area contributed by atoms with Crippen molar-refractivity contribution < 1.29 is 19.1 Å². The maximum Gasteiger partial charge on any atom is 0.255 e. The monoisotopic (exact) mass is 337 g/mol. The quantitative estimate of drug-likeness (QED) is 0.711. The molecule has 0 saturated heterocycles. The van der Waals surface area contributed by atoms with Crippen LogP contribution < -0.4 is 10.1 Å². The molecule has 1 amide bonds. The number of rotatable bonds is 6. The van der Waals surface area contributed by atoms with Crippen molar-refractivity contribution in [2.24, 2.45) is 0 Å². The Labute approximate surface area is 145 Å². The number of ether oxygens (including phenoxy) is 1. The third-order valence-electron chi connectivity index (χ3n) is 3.77. The van der Waals surface area contributed by atoms with Crippen molar-refractivity contribution in [2.45, 2.75) is 13.5 Å². The van der Waals surface area contributed by atoms with Crippen molar-refractivity contribution in [3.8, 4) is 16.9 Å². The lowest BCUT2D eigenvalue weighted by Gasteiger charge is -2.11. The number of furan rings is 1. The molecule has 1 heterocycles. The van der Waals surface area contributed by atoms with Crippen molar-refractivity contribution in [1.82, 2.24) is 0 Å². The molecule has 2 N–H and O–H groups in total. The zero-order valence-electron chi connectivity index (χ0n) is 13.9. The summed E-state index contributed by atoms with van der Waals surface area (Å²) in [6.45, 7) is 2.23. The minimum Gasteiger partial charge on any atom is -0.494 e. The van der Waals surface area contributed by atoms with Gasteiger partial charge in [0, 0.05) is 22.4 Å². The van der Waals surface area contributed by atoms with Crippen molar-refractivity contribution >= 4 is 11.6 Å². The average Bonchev–Trinajstić information content (AvgIpc) is 3.18. The molecule has 0 aliphatic heterocycles. The Morgan fingerprint density at radius 1 is 1.16 bits per heavy atom. The van der Waals surface area contributed by atoms with E-state index >= 15 is 0 Å². The normalized spacial score (nSPS) is 10.5. The van der Waals surface area contributed by atoms with E-state index in [2.05, 4.69) is 5.32 Å². The highest BCUT2D eigenvalue weighted by molar-refractivity contribution is 6.05. The lowest BCUT2D eigenvalue weighted by molar-refractivity contribution is 0.102. The van der Waals surface area contributed by atoms with Gasteiger partial charge in [0.25, 0.3) is 5.91 Å². The van der Waals surface area contributed by atoms with Crippen LogP contribution in [0.25, 0.3) is 11.1 Å². The number of carbonyl (C=O) groups is 1. The van der Waals surface area contributed by atoms with E-state index in [1.54, 1.807) is 36.8 Å². The molecule has 25 heavy (non-hydrogen) atoms. The molecule has 128 valence electrons. The molecule has 0 radical (unpaired) electrons. The van der Waals surface area contributed by atoms with E-state index in [0.29, 0.717) is 29.2 Å². The van der Waals surface area contributed by atoms with Gasteiger partial charge in [-0.05, 0) is 48.9 Å². The van der Waals surface area contributed by atoms with Gasteiger partial charge >= 0.3 is 0 Å². The Morgan fingerprint density at radius 2 is 2.04 bits per heavy atom. The van der Waals surface area contributed by atoms with Gasteiger partial charge in [0.2, 0.25) is 0 Å². The van der Waals surface area contributed by atoms with Crippen molar-refractivity contribution in [2.75, 3.05) is 11.9 Å². The predicted octanol–water partition coefficient (Wildman–Crippen LogP) is 4.09. The number of nitrogens with one attached hydrogen (secondary N) is 1. The van der Waals surface area contributed by atoms with Crippen LogP contribution in [0.4, 0.5) is 5.69 Å². The fraction of sp³-hybridized carbons (Fsp3) is 0.150. The first-order valence-corrected chi connectivity index (χ1v) is 8.02. The predicted molar refractivity (Wildman–Crippen MR) is 95.6 cm³/mol. The molecule has 0 unspecified atom stereocenters.